The Balaban J connectivity index is 2.65. The Labute approximate surface area is 71.0 Å². The van der Waals surface area contributed by atoms with E-state index in [2.05, 4.69) is 0 Å². The summed E-state index contributed by atoms with van der Waals surface area (Å²) in [6.07, 6.45) is 0. The van der Waals surface area contributed by atoms with Gasteiger partial charge in [-0.2, -0.15) is 0 Å². The van der Waals surface area contributed by atoms with Crippen molar-refractivity contribution in [3.05, 3.63) is 0 Å². The first-order valence-electron chi connectivity index (χ1n) is 3.05. The molecule has 0 atom stereocenters. The van der Waals surface area contributed by atoms with Crippen molar-refractivity contribution in [1.82, 2.24) is 0 Å². The van der Waals surface area contributed by atoms with Gasteiger partial charge in [0.05, 0.1) is 11.9 Å². The second kappa shape index (κ2) is 9.62. The molecule has 0 rings (SSSR count). The van der Waals surface area contributed by atoms with Crippen LogP contribution in [0.2, 0.25) is 0 Å². The van der Waals surface area contributed by atoms with Crippen LogP contribution in [0, 0.1) is 0 Å². The number of hydrogen-bond donors (Lipinski definition) is 0. The van der Waals surface area contributed by atoms with Crippen LogP contribution < -0.4 is 0 Å². The van der Waals surface area contributed by atoms with E-state index >= 15 is 0 Å². The highest BCUT2D eigenvalue weighted by atomic mass is 32.2. The molecule has 0 aliphatic carbocycles. The number of ether oxygens (including phenoxy) is 2. The zero-order valence-electron chi connectivity index (χ0n) is 6.46. The van der Waals surface area contributed by atoms with Crippen molar-refractivity contribution in [2.24, 2.45) is 0 Å². The monoisotopic (exact) mass is 182 g/mol. The van der Waals surface area contributed by atoms with Gasteiger partial charge in [0.15, 0.2) is 0 Å². The molecule has 0 bridgehead atoms. The van der Waals surface area contributed by atoms with Gasteiger partial charge in [0.25, 0.3) is 0 Å². The van der Waals surface area contributed by atoms with E-state index < -0.39 is 0 Å². The number of thioether (sulfide) groups is 2. The van der Waals surface area contributed by atoms with Gasteiger partial charge >= 0.3 is 0 Å². The average molecular weight is 182 g/mol. The second-order valence-corrected chi connectivity index (χ2v) is 3.73. The van der Waals surface area contributed by atoms with E-state index in [1.54, 1.807) is 37.7 Å². The molecule has 0 saturated heterocycles. The third-order valence-corrected chi connectivity index (χ3v) is 2.82. The van der Waals surface area contributed by atoms with Crippen LogP contribution in [0.25, 0.3) is 0 Å². The van der Waals surface area contributed by atoms with E-state index in [1.165, 1.54) is 0 Å². The van der Waals surface area contributed by atoms with E-state index in [9.17, 15) is 0 Å². The van der Waals surface area contributed by atoms with Gasteiger partial charge in [-0.25, -0.2) is 0 Å². The predicted molar refractivity (Wildman–Crippen MR) is 48.7 cm³/mol. The minimum atomic E-state index is 0.799. The van der Waals surface area contributed by atoms with Crippen LogP contribution in [-0.2, 0) is 9.47 Å². The maximum atomic E-state index is 4.87. The summed E-state index contributed by atoms with van der Waals surface area (Å²) in [6, 6.07) is 0. The molecule has 0 aliphatic rings. The lowest BCUT2D eigenvalue weighted by Gasteiger charge is -1.99. The van der Waals surface area contributed by atoms with E-state index in [1.807, 2.05) is 0 Å². The first-order valence-corrected chi connectivity index (χ1v) is 5.36. The largest absolute Gasteiger partial charge is 0.374 e. The summed E-state index contributed by atoms with van der Waals surface area (Å²) >= 11 is 3.61. The van der Waals surface area contributed by atoms with Crippen LogP contribution in [0.3, 0.4) is 0 Å². The van der Waals surface area contributed by atoms with Gasteiger partial charge < -0.3 is 9.47 Å². The highest BCUT2D eigenvalue weighted by Gasteiger charge is 1.87. The van der Waals surface area contributed by atoms with Gasteiger partial charge in [-0.05, 0) is 0 Å². The molecule has 0 aliphatic heterocycles. The third-order valence-electron chi connectivity index (χ3n) is 0.774. The highest BCUT2D eigenvalue weighted by molar-refractivity contribution is 8.02. The average Bonchev–Trinajstić information content (AvgIpc) is 1.97. The Morgan fingerprint density at radius 1 is 0.900 bits per heavy atom. The van der Waals surface area contributed by atoms with Gasteiger partial charge in [-0.15, -0.1) is 23.5 Å². The molecule has 0 radical (unpaired) electrons. The van der Waals surface area contributed by atoms with Gasteiger partial charge in [-0.3, -0.25) is 0 Å². The van der Waals surface area contributed by atoms with Crippen LogP contribution in [0.15, 0.2) is 0 Å². The summed E-state index contributed by atoms with van der Waals surface area (Å²) in [5, 5.41) is 0. The molecular formula is C6H14O2S2. The zero-order chi connectivity index (χ0) is 7.66. The summed E-state index contributed by atoms with van der Waals surface area (Å²) in [5.74, 6) is 3.88. The molecule has 0 aromatic heterocycles. The lowest BCUT2D eigenvalue weighted by Crippen LogP contribution is -1.90. The van der Waals surface area contributed by atoms with Crippen molar-refractivity contribution in [2.75, 3.05) is 37.6 Å². The Kier molecular flexibility index (Phi) is 10.2. The molecular weight excluding hydrogens is 168 g/mol. The molecule has 0 fully saturated rings. The van der Waals surface area contributed by atoms with Crippen molar-refractivity contribution >= 4 is 23.5 Å². The molecule has 0 N–H and O–H groups in total. The predicted octanol–water partition coefficient (Wildman–Crippen LogP) is 1.66. The Bertz CT molecular complexity index is 53.7. The summed E-state index contributed by atoms with van der Waals surface area (Å²) in [7, 11) is 3.44. The summed E-state index contributed by atoms with van der Waals surface area (Å²) in [4.78, 5) is 0. The standard InChI is InChI=1S/C6H14O2S2/c1-7-5-9-3-4-10-6-8-2/h3-6H2,1-2H3. The van der Waals surface area contributed by atoms with Crippen molar-refractivity contribution < 1.29 is 9.47 Å². The van der Waals surface area contributed by atoms with Crippen molar-refractivity contribution in [3.8, 4) is 0 Å². The van der Waals surface area contributed by atoms with E-state index in [4.69, 9.17) is 9.47 Å². The molecule has 0 heterocycles. The van der Waals surface area contributed by atoms with Crippen LogP contribution in [0.4, 0.5) is 0 Å². The fourth-order valence-corrected chi connectivity index (χ4v) is 1.91. The molecule has 62 valence electrons. The second-order valence-electron chi connectivity index (χ2n) is 1.63. The SMILES string of the molecule is COCSCCSCOC. The smallest absolute Gasteiger partial charge is 0.0917 e. The molecule has 0 saturated carbocycles. The fourth-order valence-electron chi connectivity index (χ4n) is 0.402. The number of hydrogen-bond acceptors (Lipinski definition) is 4. The molecule has 0 aromatic rings. The van der Waals surface area contributed by atoms with Gasteiger partial charge in [0.2, 0.25) is 0 Å². The molecule has 0 amide bonds. The van der Waals surface area contributed by atoms with Crippen LogP contribution in [0.5, 0.6) is 0 Å². The van der Waals surface area contributed by atoms with E-state index in [0.29, 0.717) is 0 Å². The lowest BCUT2D eigenvalue weighted by atomic mass is 11.0. The fraction of sp³-hybridized carbons (Fsp3) is 1.00. The Morgan fingerprint density at radius 2 is 1.30 bits per heavy atom. The van der Waals surface area contributed by atoms with E-state index in [0.717, 1.165) is 23.4 Å². The summed E-state index contributed by atoms with van der Waals surface area (Å²) in [6.45, 7) is 0. The zero-order valence-corrected chi connectivity index (χ0v) is 8.09. The maximum absolute atomic E-state index is 4.87. The highest BCUT2D eigenvalue weighted by Crippen LogP contribution is 2.05. The third kappa shape index (κ3) is 8.62. The Hall–Kier alpha value is 0.620. The minimum Gasteiger partial charge on any atom is -0.374 e. The van der Waals surface area contributed by atoms with Gasteiger partial charge in [0.1, 0.15) is 0 Å². The summed E-state index contributed by atoms with van der Waals surface area (Å²) in [5.41, 5.74) is 0. The normalized spacial score (nSPS) is 10.2. The topological polar surface area (TPSA) is 18.5 Å². The van der Waals surface area contributed by atoms with Crippen molar-refractivity contribution in [3.63, 3.8) is 0 Å². The summed E-state index contributed by atoms with van der Waals surface area (Å²) < 4.78 is 9.74. The van der Waals surface area contributed by atoms with Crippen LogP contribution in [-0.4, -0.2) is 37.6 Å². The number of rotatable bonds is 7. The van der Waals surface area contributed by atoms with Crippen LogP contribution >= 0.6 is 23.5 Å². The van der Waals surface area contributed by atoms with Crippen molar-refractivity contribution in [1.29, 1.82) is 0 Å². The minimum absolute atomic E-state index is 0.799. The number of methoxy groups -OCH3 is 2. The van der Waals surface area contributed by atoms with E-state index in [-0.39, 0.29) is 0 Å². The molecule has 0 aromatic carbocycles. The molecule has 10 heavy (non-hydrogen) atoms. The molecule has 0 unspecified atom stereocenters. The lowest BCUT2D eigenvalue weighted by molar-refractivity contribution is 0.258. The molecule has 4 heteroatoms. The van der Waals surface area contributed by atoms with Gasteiger partial charge in [0, 0.05) is 25.7 Å². The first-order chi connectivity index (χ1) is 4.91. The molecule has 0 spiro atoms. The maximum Gasteiger partial charge on any atom is 0.0917 e. The first kappa shape index (κ1) is 10.6. The van der Waals surface area contributed by atoms with Gasteiger partial charge in [-0.1, -0.05) is 0 Å². The van der Waals surface area contributed by atoms with Crippen LogP contribution in [0.1, 0.15) is 0 Å². The molecule has 2 nitrogen and oxygen atoms in total. The van der Waals surface area contributed by atoms with Crippen molar-refractivity contribution in [2.45, 2.75) is 0 Å². The Morgan fingerprint density at radius 3 is 1.60 bits per heavy atom. The quantitative estimate of drug-likeness (QED) is 0.440.